The molecular weight excluding hydrogens is 308 g/mol. The molecule has 0 radical (unpaired) electrons. The van der Waals surface area contributed by atoms with Crippen molar-refractivity contribution < 1.29 is 14.3 Å². The van der Waals surface area contributed by atoms with Crippen LogP contribution in [0.2, 0.25) is 0 Å². The lowest BCUT2D eigenvalue weighted by molar-refractivity contribution is -0.144. The van der Waals surface area contributed by atoms with E-state index in [1.807, 2.05) is 54.6 Å². The van der Waals surface area contributed by atoms with Crippen LogP contribution in [-0.4, -0.2) is 5.97 Å². The molecule has 2 aromatic carbocycles. The minimum absolute atomic E-state index is 0.348. The molecule has 2 atom stereocenters. The average molecular weight is 319 g/mol. The average Bonchev–Trinajstić information content (AvgIpc) is 2.83. The largest absolute Gasteiger partial charge is 0.429 e. The molecule has 3 rings (SSSR count). The predicted octanol–water partition coefficient (Wildman–Crippen LogP) is 3.76. The van der Waals surface area contributed by atoms with Gasteiger partial charge in [-0.25, -0.2) is 4.79 Å². The van der Waals surface area contributed by atoms with E-state index < -0.39 is 12.4 Å². The highest BCUT2D eigenvalue weighted by Crippen LogP contribution is 2.36. The molecule has 0 unspecified atom stereocenters. The van der Waals surface area contributed by atoms with Crippen molar-refractivity contribution in [2.45, 2.75) is 12.4 Å². The fourth-order valence-corrected chi connectivity index (χ4v) is 2.25. The first-order chi connectivity index (χ1) is 9.24. The second-order valence-electron chi connectivity index (χ2n) is 4.25. The third kappa shape index (κ3) is 2.55. The van der Waals surface area contributed by atoms with Crippen LogP contribution in [0.1, 0.15) is 23.5 Å². The molecule has 0 aliphatic carbocycles. The number of hydrogen-bond acceptors (Lipinski definition) is 3. The molecule has 0 spiro atoms. The lowest BCUT2D eigenvalue weighted by Gasteiger charge is -2.09. The van der Waals surface area contributed by atoms with E-state index in [0.29, 0.717) is 0 Å². The number of benzene rings is 2. The van der Waals surface area contributed by atoms with E-state index in [0.717, 1.165) is 15.6 Å². The zero-order valence-electron chi connectivity index (χ0n) is 9.95. The molecule has 1 saturated heterocycles. The smallest absolute Gasteiger partial charge is 0.342 e. The summed E-state index contributed by atoms with van der Waals surface area (Å²) in [5.41, 5.74) is 1.64. The molecule has 4 heteroatoms. The highest BCUT2D eigenvalue weighted by Gasteiger charge is 2.37. The Labute approximate surface area is 119 Å². The molecule has 1 fully saturated rings. The molecule has 2 aromatic rings. The zero-order chi connectivity index (χ0) is 13.2. The van der Waals surface area contributed by atoms with E-state index in [9.17, 15) is 4.79 Å². The summed E-state index contributed by atoms with van der Waals surface area (Å²) in [4.78, 5) is 11.9. The summed E-state index contributed by atoms with van der Waals surface area (Å²) in [7, 11) is 0. The molecule has 3 nitrogen and oxygen atoms in total. The highest BCUT2D eigenvalue weighted by atomic mass is 79.9. The summed E-state index contributed by atoms with van der Waals surface area (Å²) in [6.45, 7) is 0. The quantitative estimate of drug-likeness (QED) is 0.791. The van der Waals surface area contributed by atoms with Gasteiger partial charge in [0.1, 0.15) is 0 Å². The van der Waals surface area contributed by atoms with Gasteiger partial charge < -0.3 is 9.47 Å². The molecule has 1 aliphatic heterocycles. The number of esters is 1. The molecule has 0 aromatic heterocycles. The number of hydrogen-bond donors (Lipinski definition) is 0. The second-order valence-corrected chi connectivity index (χ2v) is 5.16. The SMILES string of the molecule is O=C1O[C@H](c2ccc(Br)cc2)O[C@H]1c1ccccc1. The third-order valence-corrected chi connectivity index (χ3v) is 3.47. The van der Waals surface area contributed by atoms with Crippen molar-refractivity contribution in [3.63, 3.8) is 0 Å². The van der Waals surface area contributed by atoms with Crippen LogP contribution >= 0.6 is 15.9 Å². The first-order valence-corrected chi connectivity index (χ1v) is 6.70. The first kappa shape index (κ1) is 12.4. The molecule has 1 heterocycles. The maximum Gasteiger partial charge on any atom is 0.342 e. The number of carbonyl (C=O) groups is 1. The highest BCUT2D eigenvalue weighted by molar-refractivity contribution is 9.10. The molecular formula is C15H11BrO3. The fraction of sp³-hybridized carbons (Fsp3) is 0.133. The van der Waals surface area contributed by atoms with E-state index in [-0.39, 0.29) is 5.97 Å². The topological polar surface area (TPSA) is 35.5 Å². The minimum atomic E-state index is -0.644. The Balaban J connectivity index is 1.82. The van der Waals surface area contributed by atoms with Crippen molar-refractivity contribution in [2.75, 3.05) is 0 Å². The minimum Gasteiger partial charge on any atom is -0.429 e. The number of rotatable bonds is 2. The van der Waals surface area contributed by atoms with Gasteiger partial charge in [0.15, 0.2) is 6.10 Å². The molecule has 19 heavy (non-hydrogen) atoms. The maximum atomic E-state index is 11.9. The van der Waals surface area contributed by atoms with E-state index in [1.54, 1.807) is 0 Å². The maximum absolute atomic E-state index is 11.9. The summed E-state index contributed by atoms with van der Waals surface area (Å²) in [5.74, 6) is -0.348. The summed E-state index contributed by atoms with van der Waals surface area (Å²) in [5, 5.41) is 0. The van der Waals surface area contributed by atoms with Gasteiger partial charge in [-0.3, -0.25) is 0 Å². The standard InChI is InChI=1S/C15H11BrO3/c16-12-8-6-11(7-9-12)15-18-13(14(17)19-15)10-4-2-1-3-5-10/h1-9,13,15H/t13-,15+/m0/s1. The van der Waals surface area contributed by atoms with Crippen molar-refractivity contribution in [1.29, 1.82) is 0 Å². The predicted molar refractivity (Wildman–Crippen MR) is 73.2 cm³/mol. The second kappa shape index (κ2) is 5.15. The van der Waals surface area contributed by atoms with Gasteiger partial charge in [-0.15, -0.1) is 0 Å². The van der Waals surface area contributed by atoms with E-state index in [2.05, 4.69) is 15.9 Å². The van der Waals surface area contributed by atoms with Crippen LogP contribution in [0, 0.1) is 0 Å². The van der Waals surface area contributed by atoms with Gasteiger partial charge in [-0.1, -0.05) is 58.4 Å². The Hall–Kier alpha value is -1.65. The van der Waals surface area contributed by atoms with Gasteiger partial charge in [-0.05, 0) is 17.7 Å². The summed E-state index contributed by atoms with van der Waals surface area (Å²) < 4.78 is 11.9. The van der Waals surface area contributed by atoms with Gasteiger partial charge in [0.05, 0.1) is 0 Å². The summed E-state index contributed by atoms with van der Waals surface area (Å²) in [6.07, 6.45) is -1.28. The molecule has 0 bridgehead atoms. The Morgan fingerprint density at radius 3 is 2.26 bits per heavy atom. The van der Waals surface area contributed by atoms with Crippen LogP contribution in [-0.2, 0) is 14.3 Å². The van der Waals surface area contributed by atoms with Crippen LogP contribution in [0.4, 0.5) is 0 Å². The monoisotopic (exact) mass is 318 g/mol. The van der Waals surface area contributed by atoms with Crippen LogP contribution in [0.5, 0.6) is 0 Å². The van der Waals surface area contributed by atoms with E-state index in [1.165, 1.54) is 0 Å². The Kier molecular flexibility index (Phi) is 3.36. The normalized spacial score (nSPS) is 22.3. The number of cyclic esters (lactones) is 1. The lowest BCUT2D eigenvalue weighted by Crippen LogP contribution is -2.06. The van der Waals surface area contributed by atoms with Crippen LogP contribution in [0.15, 0.2) is 59.1 Å². The molecule has 0 saturated carbocycles. The van der Waals surface area contributed by atoms with Crippen molar-refractivity contribution in [3.8, 4) is 0 Å². The van der Waals surface area contributed by atoms with Gasteiger partial charge in [0.2, 0.25) is 6.29 Å². The van der Waals surface area contributed by atoms with Crippen LogP contribution in [0.25, 0.3) is 0 Å². The van der Waals surface area contributed by atoms with Gasteiger partial charge >= 0.3 is 5.97 Å². The number of carbonyl (C=O) groups excluding carboxylic acids is 1. The fourth-order valence-electron chi connectivity index (χ4n) is 1.98. The molecule has 1 aliphatic rings. The number of ether oxygens (including phenoxy) is 2. The molecule has 0 amide bonds. The van der Waals surface area contributed by atoms with E-state index in [4.69, 9.17) is 9.47 Å². The van der Waals surface area contributed by atoms with Crippen molar-refractivity contribution in [3.05, 3.63) is 70.2 Å². The first-order valence-electron chi connectivity index (χ1n) is 5.90. The molecule has 0 N–H and O–H groups in total. The van der Waals surface area contributed by atoms with Gasteiger partial charge in [0.25, 0.3) is 0 Å². The Morgan fingerprint density at radius 1 is 0.895 bits per heavy atom. The van der Waals surface area contributed by atoms with Crippen molar-refractivity contribution >= 4 is 21.9 Å². The number of halogens is 1. The van der Waals surface area contributed by atoms with Crippen LogP contribution < -0.4 is 0 Å². The Bertz CT molecular complexity index is 580. The zero-order valence-corrected chi connectivity index (χ0v) is 11.5. The van der Waals surface area contributed by atoms with E-state index >= 15 is 0 Å². The lowest BCUT2D eigenvalue weighted by atomic mass is 10.1. The molecule has 96 valence electrons. The summed E-state index contributed by atoms with van der Waals surface area (Å²) in [6, 6.07) is 16.9. The van der Waals surface area contributed by atoms with Gasteiger partial charge in [-0.2, -0.15) is 0 Å². The third-order valence-electron chi connectivity index (χ3n) is 2.94. The Morgan fingerprint density at radius 2 is 1.58 bits per heavy atom. The van der Waals surface area contributed by atoms with Crippen molar-refractivity contribution in [1.82, 2.24) is 0 Å². The van der Waals surface area contributed by atoms with Gasteiger partial charge in [0, 0.05) is 10.0 Å². The van der Waals surface area contributed by atoms with Crippen LogP contribution in [0.3, 0.4) is 0 Å². The summed E-state index contributed by atoms with van der Waals surface area (Å²) >= 11 is 3.37. The van der Waals surface area contributed by atoms with Crippen molar-refractivity contribution in [2.24, 2.45) is 0 Å².